The molecule has 45 heteroatoms. The number of rotatable bonds is 27. The third-order valence-corrected chi connectivity index (χ3v) is 22.5. The lowest BCUT2D eigenvalue weighted by Crippen LogP contribution is -2.63. The topological polar surface area (TPSA) is 696 Å². The number of hydrogen-bond acceptors (Lipinski definition) is 25. The van der Waals surface area contributed by atoms with Crippen LogP contribution in [0.5, 0.6) is 0 Å². The molecule has 1 unspecified atom stereocenters. The highest BCUT2D eigenvalue weighted by Gasteiger charge is 2.43. The van der Waals surface area contributed by atoms with E-state index in [1.54, 1.807) is 66.7 Å². The summed E-state index contributed by atoms with van der Waals surface area (Å²) in [6.07, 6.45) is -4.54. The smallest absolute Gasteiger partial charge is 0.305 e. The third kappa shape index (κ3) is 36.8. The molecule has 44 nitrogen and oxygen atoms in total. The Morgan fingerprint density at radius 3 is 1.46 bits per heavy atom. The van der Waals surface area contributed by atoms with Crippen molar-refractivity contribution in [2.75, 3.05) is 51.8 Å². The molecule has 1 aliphatic heterocycles. The number of aliphatic hydroxyl groups is 1. The first-order valence-corrected chi connectivity index (χ1v) is 43.6. The summed E-state index contributed by atoms with van der Waals surface area (Å²) in [5.41, 5.74) is 17.4. The maximum absolute atomic E-state index is 15.0. The van der Waals surface area contributed by atoms with Crippen molar-refractivity contribution in [3.63, 3.8) is 0 Å². The van der Waals surface area contributed by atoms with Gasteiger partial charge in [-0.25, -0.2) is 0 Å². The number of primary amides is 2. The molecule has 0 bridgehead atoms. The van der Waals surface area contributed by atoms with Crippen LogP contribution < -0.4 is 91.6 Å². The Morgan fingerprint density at radius 1 is 0.519 bits per heavy atom. The highest BCUT2D eigenvalue weighted by atomic mass is 32.2. The third-order valence-electron chi connectivity index (χ3n) is 21.4. The number of allylic oxidation sites excluding steroid dienone is 2. The lowest BCUT2D eigenvalue weighted by atomic mass is 9.77. The van der Waals surface area contributed by atoms with Gasteiger partial charge in [-0.1, -0.05) is 119 Å². The molecule has 718 valence electrons. The summed E-state index contributed by atoms with van der Waals surface area (Å²) >= 11 is 1.05. The van der Waals surface area contributed by atoms with E-state index in [4.69, 9.17) is 17.2 Å². The fraction of sp³-hybridized carbons (Fsp3) is 0.535. The largest absolute Gasteiger partial charge is 0.481 e. The number of fused-ring (bicyclic) bond motifs is 1. The average Bonchev–Trinajstić information content (AvgIpc) is 0.819. The van der Waals surface area contributed by atoms with Gasteiger partial charge in [0.05, 0.1) is 31.4 Å². The molecule has 0 radical (unpaired) electrons. The van der Waals surface area contributed by atoms with Crippen molar-refractivity contribution in [3.8, 4) is 0 Å². The summed E-state index contributed by atoms with van der Waals surface area (Å²) in [6.45, 7) is 13.1. The number of carbonyl (C=O) groups excluding carboxylic acids is 16. The van der Waals surface area contributed by atoms with Crippen LogP contribution in [0, 0.1) is 11.3 Å². The van der Waals surface area contributed by atoms with Crippen LogP contribution in [0.4, 0.5) is 0 Å². The molecule has 16 amide bonds. The zero-order chi connectivity index (χ0) is 97.8. The molecule has 2 fully saturated rings. The Hall–Kier alpha value is -13.0. The van der Waals surface area contributed by atoms with E-state index in [1.807, 2.05) is 6.92 Å². The maximum Gasteiger partial charge on any atom is 0.305 e. The highest BCUT2D eigenvalue weighted by molar-refractivity contribution is 7.99. The fourth-order valence-electron chi connectivity index (χ4n) is 13.8. The number of hydrogen-bond donors (Lipinski definition) is 22. The molecule has 1 saturated heterocycles. The Balaban J connectivity index is 1.66. The van der Waals surface area contributed by atoms with E-state index in [1.165, 1.54) is 76.7 Å². The van der Waals surface area contributed by atoms with Crippen molar-refractivity contribution in [1.29, 1.82) is 0 Å². The van der Waals surface area contributed by atoms with E-state index in [-0.39, 0.29) is 50.5 Å². The molecule has 131 heavy (non-hydrogen) atoms. The lowest BCUT2D eigenvalue weighted by Gasteiger charge is -2.36. The number of amides is 16. The molecule has 25 N–H and O–H groups in total. The second kappa shape index (κ2) is 52.6. The number of carboxylic acids is 4. The van der Waals surface area contributed by atoms with Crippen LogP contribution in [0.15, 0.2) is 97.1 Å². The van der Waals surface area contributed by atoms with Gasteiger partial charge in [-0.15, -0.1) is 0 Å². The molecule has 1 aliphatic carbocycles. The van der Waals surface area contributed by atoms with Gasteiger partial charge in [0.2, 0.25) is 94.5 Å². The minimum absolute atomic E-state index is 0.0111. The number of carbonyl (C=O) groups is 20. The van der Waals surface area contributed by atoms with E-state index in [9.17, 15) is 121 Å². The number of nitrogens with zero attached hydrogens (tertiary/aromatic N) is 2. The van der Waals surface area contributed by atoms with E-state index in [0.717, 1.165) is 18.7 Å². The molecule has 2 aliphatic rings. The second-order valence-electron chi connectivity index (χ2n) is 33.5. The minimum atomic E-state index is -2.20. The van der Waals surface area contributed by atoms with Crippen molar-refractivity contribution in [2.45, 2.75) is 229 Å². The van der Waals surface area contributed by atoms with Gasteiger partial charge in [-0.2, -0.15) is 11.8 Å². The lowest BCUT2D eigenvalue weighted by molar-refractivity contribution is -0.143. The SMILES string of the molecule is C=C/C(=C\CC)CSC[C@H]1NC(=O)[C@@H](C)NC(=O)[C@H](Cc2cccc3ccccc23)NC(=O)[C@H](CCC(=O)O)NC(=O)[C@H](CC(N)=O)NC(=O)[C@@H](C)NC(=O)[C@@H](NC(=O)[C@H](C)N)CN(C)CCN(C)C[C@@H](C(N)=O)NC(=O)[C@H](C(C)(C)C)NC(=O)[C@H](CC(=O)O)NC(=O)[C@H](CC2CC[C@@H]2O)NC(=O)[C@H](Cc2ccccc2)NC(=O)[C@H](CC(=O)O)NC(=O)[C@H](CCC(=O)O)NC1=O. The number of likely N-dealkylation sites (N-methyl/N-ethyl adjacent to an activating group) is 2. The molecular formula is C86H123N19O25S. The standard InChI is InChI=1S/C86H123N19O25S/c1-11-19-47(12-2)42-131-43-63-84(129)93-54(28-31-67(110)111)76(121)98-59(38-68(112)113)81(126)95-55(34-48-20-14-13-15-21-48)78(123)97-57(36-51-26-29-64(51)106)79(124)99-60(39-69(114)115)82(127)103-70(86(6,7)8)85(130)100-61(71(89)116)40-104(9)32-33-105(10)41-62(101-72(117)44(3)87)83(128)91-45(4)73(118)94-58(37-65(88)107)80(125)92-53(27-30-66(108)109)75(120)96-56(77(122)90-46(5)74(119)102-63)35-50-24-18-23-49-22-16-17-25-52(49)50/h12-25,44-46,51,53-64,70,106H,2,11,26-43,87H2,1,3-10H3,(H2,88,107)(H2,89,116)(H,90,122)(H,91,128)(H,92,125)(H,93,129)(H,94,118)(H,95,126)(H,96,120)(H,97,123)(H,98,121)(H,99,124)(H,100,130)(H,101,117)(H,102,119)(H,103,127)(H,108,109)(H,110,111)(H,112,113)(H,114,115)/b47-19+/t44-,45+,46+,51?,53-,54-,55-,56-,57-,58-,59-,60-,61-,62-,63+,64-,70+/m0/s1. The molecule has 0 spiro atoms. The van der Waals surface area contributed by atoms with Gasteiger partial charge in [-0.05, 0) is 112 Å². The minimum Gasteiger partial charge on any atom is -0.481 e. The molecule has 5 rings (SSSR count). The molecular weight excluding hydrogens is 1730 g/mol. The number of nitrogens with one attached hydrogen (secondary N) is 14. The number of aliphatic hydroxyl groups excluding tert-OH is 1. The van der Waals surface area contributed by atoms with Crippen LogP contribution in [0.1, 0.15) is 130 Å². The number of carboxylic acid groups (broad SMARTS) is 4. The van der Waals surface area contributed by atoms with Crippen LogP contribution in [-0.4, -0.2) is 302 Å². The van der Waals surface area contributed by atoms with Gasteiger partial charge in [-0.3, -0.25) is 95.9 Å². The highest BCUT2D eigenvalue weighted by Crippen LogP contribution is 2.32. The predicted molar refractivity (Wildman–Crippen MR) is 475 cm³/mol. The van der Waals surface area contributed by atoms with Gasteiger partial charge >= 0.3 is 23.9 Å². The van der Waals surface area contributed by atoms with Crippen LogP contribution in [0.3, 0.4) is 0 Å². The van der Waals surface area contributed by atoms with Gasteiger partial charge in [0.25, 0.3) is 0 Å². The van der Waals surface area contributed by atoms with Crippen LogP contribution in [0.2, 0.25) is 0 Å². The van der Waals surface area contributed by atoms with Gasteiger partial charge in [0.1, 0.15) is 84.6 Å². The molecule has 17 atom stereocenters. The fourth-order valence-corrected chi connectivity index (χ4v) is 14.9. The summed E-state index contributed by atoms with van der Waals surface area (Å²) in [5, 5.41) is 86.4. The van der Waals surface area contributed by atoms with Crippen LogP contribution in [-0.2, 0) is 109 Å². The van der Waals surface area contributed by atoms with E-state index in [2.05, 4.69) is 81.0 Å². The number of benzene rings is 3. The molecule has 1 heterocycles. The molecule has 3 aromatic carbocycles. The zero-order valence-corrected chi connectivity index (χ0v) is 75.3. The summed E-state index contributed by atoms with van der Waals surface area (Å²) in [7, 11) is 3.02. The Labute approximate surface area is 760 Å². The first-order chi connectivity index (χ1) is 61.6. The molecule has 0 aromatic heterocycles. The predicted octanol–water partition coefficient (Wildman–Crippen LogP) is -4.82. The van der Waals surface area contributed by atoms with Crippen LogP contribution in [0.25, 0.3) is 10.8 Å². The first-order valence-electron chi connectivity index (χ1n) is 42.5. The normalized spacial score (nSPS) is 25.8. The zero-order valence-electron chi connectivity index (χ0n) is 74.5. The van der Waals surface area contributed by atoms with Crippen molar-refractivity contribution >= 4 is 141 Å². The van der Waals surface area contributed by atoms with Crippen molar-refractivity contribution in [2.24, 2.45) is 28.5 Å². The van der Waals surface area contributed by atoms with E-state index >= 15 is 0 Å². The van der Waals surface area contributed by atoms with Gasteiger partial charge in [0, 0.05) is 63.4 Å². The van der Waals surface area contributed by atoms with Gasteiger partial charge in [0.15, 0.2) is 0 Å². The summed E-state index contributed by atoms with van der Waals surface area (Å²) < 4.78 is 0. The quantitative estimate of drug-likeness (QED) is 0.0318. The van der Waals surface area contributed by atoms with Crippen molar-refractivity contribution in [3.05, 3.63) is 108 Å². The summed E-state index contributed by atoms with van der Waals surface area (Å²) in [4.78, 5) is 283. The van der Waals surface area contributed by atoms with Gasteiger partial charge < -0.3 is 127 Å². The van der Waals surface area contributed by atoms with Crippen LogP contribution >= 0.6 is 11.8 Å². The average molecular weight is 1860 g/mol. The molecule has 1 saturated carbocycles. The maximum atomic E-state index is 15.0. The number of thioether (sulfide) groups is 1. The van der Waals surface area contributed by atoms with Crippen molar-refractivity contribution in [1.82, 2.24) is 84.2 Å². The van der Waals surface area contributed by atoms with E-state index < -0.39 is 291 Å². The number of nitrogens with two attached hydrogens (primary N) is 3. The number of aliphatic carboxylic acids is 4. The summed E-state index contributed by atoms with van der Waals surface area (Å²) in [6, 6.07) is -6.95. The monoisotopic (exact) mass is 1850 g/mol. The van der Waals surface area contributed by atoms with E-state index in [0.29, 0.717) is 33.9 Å². The Morgan fingerprint density at radius 2 is 0.962 bits per heavy atom. The first kappa shape index (κ1) is 109. The second-order valence-corrected chi connectivity index (χ2v) is 34.5. The Bertz CT molecular complexity index is 4660. The Kier molecular flexibility index (Phi) is 43.6. The van der Waals surface area contributed by atoms with Crippen molar-refractivity contribution < 1.29 is 121 Å². The summed E-state index contributed by atoms with van der Waals surface area (Å²) in [5.74, 6) is -26.2. The molecule has 3 aromatic rings.